The fourth-order valence-electron chi connectivity index (χ4n) is 1.56. The lowest BCUT2D eigenvalue weighted by molar-refractivity contribution is 0.0631. The van der Waals surface area contributed by atoms with Gasteiger partial charge in [-0.3, -0.25) is 0 Å². The average molecular weight is 286 g/mol. The normalized spacial score (nSPS) is 13.8. The van der Waals surface area contributed by atoms with Gasteiger partial charge in [0.15, 0.2) is 0 Å². The molecular formula is C13H22N2O3S. The first-order chi connectivity index (χ1) is 9.06. The van der Waals surface area contributed by atoms with Gasteiger partial charge in [-0.25, -0.2) is 4.79 Å². The van der Waals surface area contributed by atoms with Gasteiger partial charge in [0.1, 0.15) is 5.60 Å². The molecule has 1 heterocycles. The summed E-state index contributed by atoms with van der Waals surface area (Å²) in [7, 11) is 1.66. The molecule has 0 radical (unpaired) electrons. The zero-order chi connectivity index (χ0) is 14.1. The molecule has 0 spiro atoms. The van der Waals surface area contributed by atoms with Crippen LogP contribution < -0.4 is 10.6 Å². The molecule has 1 aromatic heterocycles. The molecule has 0 aromatic carbocycles. The van der Waals surface area contributed by atoms with Crippen LogP contribution in [0.1, 0.15) is 24.6 Å². The summed E-state index contributed by atoms with van der Waals surface area (Å²) in [6.45, 7) is 3.20. The van der Waals surface area contributed by atoms with Gasteiger partial charge in [-0.2, -0.15) is 0 Å². The summed E-state index contributed by atoms with van der Waals surface area (Å²) in [6.07, 6.45) is 1.80. The number of urea groups is 1. The molecule has 1 rings (SSSR count). The molecule has 108 valence electrons. The van der Waals surface area contributed by atoms with E-state index in [1.165, 1.54) is 11.3 Å². The monoisotopic (exact) mass is 286 g/mol. The molecule has 0 aliphatic carbocycles. The fraction of sp³-hybridized carbons (Fsp3) is 0.615. The maximum absolute atomic E-state index is 11.5. The van der Waals surface area contributed by atoms with Gasteiger partial charge < -0.3 is 20.5 Å². The van der Waals surface area contributed by atoms with Crippen molar-refractivity contribution in [3.05, 3.63) is 22.4 Å². The number of ether oxygens (including phenoxy) is 1. The minimum atomic E-state index is -1.03. The topological polar surface area (TPSA) is 70.6 Å². The molecule has 0 saturated carbocycles. The third-order valence-corrected chi connectivity index (χ3v) is 3.83. The molecular weight excluding hydrogens is 264 g/mol. The van der Waals surface area contributed by atoms with E-state index in [2.05, 4.69) is 10.6 Å². The quantitative estimate of drug-likeness (QED) is 0.637. The second kappa shape index (κ2) is 8.14. The lowest BCUT2D eigenvalue weighted by atomic mass is 10.1. The van der Waals surface area contributed by atoms with Crippen molar-refractivity contribution < 1.29 is 14.6 Å². The molecule has 0 bridgehead atoms. The van der Waals surface area contributed by atoms with E-state index in [4.69, 9.17) is 4.74 Å². The van der Waals surface area contributed by atoms with E-state index in [1.807, 2.05) is 17.5 Å². The number of thiophene rings is 1. The maximum Gasteiger partial charge on any atom is 0.314 e. The summed E-state index contributed by atoms with van der Waals surface area (Å²) < 4.78 is 4.92. The van der Waals surface area contributed by atoms with E-state index >= 15 is 0 Å². The van der Waals surface area contributed by atoms with Crippen LogP contribution in [0.3, 0.4) is 0 Å². The van der Waals surface area contributed by atoms with Gasteiger partial charge in [0.2, 0.25) is 0 Å². The molecule has 0 unspecified atom stereocenters. The molecule has 1 atom stereocenters. The third kappa shape index (κ3) is 6.04. The summed E-state index contributed by atoms with van der Waals surface area (Å²) in [5.41, 5.74) is -1.03. The van der Waals surface area contributed by atoms with Crippen LogP contribution in [0, 0.1) is 0 Å². The summed E-state index contributed by atoms with van der Waals surface area (Å²) >= 11 is 1.47. The molecule has 1 aromatic rings. The number of carbonyl (C=O) groups excluding carboxylic acids is 1. The number of hydrogen-bond acceptors (Lipinski definition) is 4. The molecule has 5 nitrogen and oxygen atoms in total. The SMILES string of the molecule is COCCCCNC(=O)NC[C@@](C)(O)c1cccs1. The molecule has 0 saturated heterocycles. The van der Waals surface area contributed by atoms with Crippen molar-refractivity contribution in [1.82, 2.24) is 10.6 Å². The van der Waals surface area contributed by atoms with E-state index in [-0.39, 0.29) is 12.6 Å². The highest BCUT2D eigenvalue weighted by Crippen LogP contribution is 2.24. The highest BCUT2D eigenvalue weighted by Gasteiger charge is 2.24. The first-order valence-corrected chi connectivity index (χ1v) is 7.21. The van der Waals surface area contributed by atoms with Crippen LogP contribution in [0.2, 0.25) is 0 Å². The molecule has 2 amide bonds. The highest BCUT2D eigenvalue weighted by atomic mass is 32.1. The van der Waals surface area contributed by atoms with Crippen LogP contribution >= 0.6 is 11.3 Å². The van der Waals surface area contributed by atoms with Crippen LogP contribution in [0.4, 0.5) is 4.79 Å². The number of carbonyl (C=O) groups is 1. The number of methoxy groups -OCH3 is 1. The minimum absolute atomic E-state index is 0.192. The molecule has 3 N–H and O–H groups in total. The number of hydrogen-bond donors (Lipinski definition) is 3. The van der Waals surface area contributed by atoms with Crippen molar-refractivity contribution in [2.24, 2.45) is 0 Å². The van der Waals surface area contributed by atoms with Crippen molar-refractivity contribution >= 4 is 17.4 Å². The van der Waals surface area contributed by atoms with Crippen molar-refractivity contribution in [3.63, 3.8) is 0 Å². The lowest BCUT2D eigenvalue weighted by Crippen LogP contribution is -2.43. The van der Waals surface area contributed by atoms with Gasteiger partial charge in [0.25, 0.3) is 0 Å². The Morgan fingerprint density at radius 1 is 1.47 bits per heavy atom. The van der Waals surface area contributed by atoms with Crippen LogP contribution in [0.25, 0.3) is 0 Å². The Morgan fingerprint density at radius 2 is 2.26 bits per heavy atom. The number of rotatable bonds is 8. The Bertz CT molecular complexity index is 366. The van der Waals surface area contributed by atoms with Crippen molar-refractivity contribution in [1.29, 1.82) is 0 Å². The highest BCUT2D eigenvalue weighted by molar-refractivity contribution is 7.10. The molecule has 0 aliphatic rings. The van der Waals surface area contributed by atoms with E-state index in [0.29, 0.717) is 13.2 Å². The smallest absolute Gasteiger partial charge is 0.314 e. The van der Waals surface area contributed by atoms with Gasteiger partial charge in [0, 0.05) is 25.1 Å². The van der Waals surface area contributed by atoms with E-state index in [0.717, 1.165) is 17.7 Å². The Kier molecular flexibility index (Phi) is 6.83. The number of nitrogens with one attached hydrogen (secondary N) is 2. The van der Waals surface area contributed by atoms with Gasteiger partial charge in [-0.05, 0) is 31.2 Å². The zero-order valence-electron chi connectivity index (χ0n) is 11.4. The number of amides is 2. The predicted octanol–water partition coefficient (Wildman–Crippen LogP) is 1.68. The van der Waals surface area contributed by atoms with Crippen molar-refractivity contribution in [3.8, 4) is 0 Å². The predicted molar refractivity (Wildman–Crippen MR) is 76.4 cm³/mol. The van der Waals surface area contributed by atoms with Gasteiger partial charge in [-0.1, -0.05) is 6.07 Å². The zero-order valence-corrected chi connectivity index (χ0v) is 12.3. The second-order valence-corrected chi connectivity index (χ2v) is 5.51. The lowest BCUT2D eigenvalue weighted by Gasteiger charge is -2.22. The molecule has 0 fully saturated rings. The first kappa shape index (κ1) is 15.9. The Balaban J connectivity index is 2.19. The molecule has 19 heavy (non-hydrogen) atoms. The summed E-state index contributed by atoms with van der Waals surface area (Å²) in [6, 6.07) is 3.48. The van der Waals surface area contributed by atoms with Crippen LogP contribution in [-0.4, -0.2) is 37.9 Å². The Morgan fingerprint density at radius 3 is 2.89 bits per heavy atom. The van der Waals surface area contributed by atoms with Crippen molar-refractivity contribution in [2.45, 2.75) is 25.4 Å². The van der Waals surface area contributed by atoms with Crippen LogP contribution in [-0.2, 0) is 10.3 Å². The minimum Gasteiger partial charge on any atom is -0.385 e. The number of aliphatic hydroxyl groups is 1. The Hall–Kier alpha value is -1.11. The van der Waals surface area contributed by atoms with E-state index < -0.39 is 5.60 Å². The first-order valence-electron chi connectivity index (χ1n) is 6.33. The van der Waals surface area contributed by atoms with E-state index in [9.17, 15) is 9.90 Å². The third-order valence-electron chi connectivity index (χ3n) is 2.71. The van der Waals surface area contributed by atoms with Crippen LogP contribution in [0.5, 0.6) is 0 Å². The van der Waals surface area contributed by atoms with Gasteiger partial charge in [-0.15, -0.1) is 11.3 Å². The standard InChI is InChI=1S/C13H22N2O3S/c1-13(17,11-6-5-9-19-11)10-15-12(16)14-7-3-4-8-18-2/h5-6,9,17H,3-4,7-8,10H2,1-2H3,(H2,14,15,16)/t13-/m1/s1. The van der Waals surface area contributed by atoms with Crippen molar-refractivity contribution in [2.75, 3.05) is 26.8 Å². The fourth-order valence-corrected chi connectivity index (χ4v) is 2.35. The average Bonchev–Trinajstić information content (AvgIpc) is 2.91. The van der Waals surface area contributed by atoms with Gasteiger partial charge >= 0.3 is 6.03 Å². The largest absolute Gasteiger partial charge is 0.385 e. The maximum atomic E-state index is 11.5. The molecule has 6 heteroatoms. The summed E-state index contributed by atoms with van der Waals surface area (Å²) in [5.74, 6) is 0. The van der Waals surface area contributed by atoms with Gasteiger partial charge in [0.05, 0.1) is 6.54 Å². The van der Waals surface area contributed by atoms with Crippen LogP contribution in [0.15, 0.2) is 17.5 Å². The summed E-state index contributed by atoms with van der Waals surface area (Å²) in [5, 5.41) is 17.5. The second-order valence-electron chi connectivity index (χ2n) is 4.56. The van der Waals surface area contributed by atoms with E-state index in [1.54, 1.807) is 14.0 Å². The Labute approximate surface area is 118 Å². The molecule has 0 aliphatic heterocycles. The number of unbranched alkanes of at least 4 members (excludes halogenated alkanes) is 1. The summed E-state index contributed by atoms with van der Waals surface area (Å²) in [4.78, 5) is 12.4.